The van der Waals surface area contributed by atoms with Gasteiger partial charge in [-0.05, 0) is 32.7 Å². The number of aliphatic hydroxyl groups excluding tert-OH is 1. The van der Waals surface area contributed by atoms with Crippen LogP contribution in [0.4, 0.5) is 0 Å². The van der Waals surface area contributed by atoms with Crippen LogP contribution >= 0.6 is 19.6 Å². The van der Waals surface area contributed by atoms with E-state index in [1.54, 1.807) is 4.90 Å². The number of unbranched alkanes of at least 4 members (excludes halogenated alkanes) is 8. The summed E-state index contributed by atoms with van der Waals surface area (Å²) in [5.74, 6) is 0.869. The summed E-state index contributed by atoms with van der Waals surface area (Å²) in [5, 5.41) is 9.77. The summed E-state index contributed by atoms with van der Waals surface area (Å²) < 4.78 is 26.5. The zero-order valence-electron chi connectivity index (χ0n) is 21.4. The van der Waals surface area contributed by atoms with E-state index in [4.69, 9.17) is 13.8 Å². The van der Waals surface area contributed by atoms with E-state index in [1.807, 2.05) is 25.9 Å². The van der Waals surface area contributed by atoms with E-state index in [0.29, 0.717) is 17.7 Å². The summed E-state index contributed by atoms with van der Waals surface area (Å²) >= 11 is 2.04. The molecule has 0 aliphatic carbocycles. The Hall–Kier alpha value is -0.150. The molecule has 0 amide bonds. The molecule has 0 heterocycles. The van der Waals surface area contributed by atoms with E-state index in [0.717, 1.165) is 19.3 Å². The molecule has 0 bridgehead atoms. The minimum atomic E-state index is -4.23. The quantitative estimate of drug-likeness (QED) is 0.124. The largest absolute Gasteiger partial charge is 0.472 e. The lowest BCUT2D eigenvalue weighted by atomic mass is 10.1. The Morgan fingerprint density at radius 1 is 0.939 bits per heavy atom. The molecular formula is C23H48NO7PS. The number of ether oxygens (including phenoxy) is 1. The monoisotopic (exact) mass is 513 g/mol. The predicted molar refractivity (Wildman–Crippen MR) is 136 cm³/mol. The molecule has 0 aliphatic heterocycles. The number of carbonyl (C=O) groups excluding carboxylic acids is 1. The fraction of sp³-hybridized carbons (Fsp3) is 0.957. The summed E-state index contributed by atoms with van der Waals surface area (Å²) in [6.45, 7) is 6.56. The number of hydrogen-bond donors (Lipinski definition) is 2. The van der Waals surface area contributed by atoms with Gasteiger partial charge in [0.2, 0.25) is 0 Å². The van der Waals surface area contributed by atoms with E-state index >= 15 is 0 Å². The van der Waals surface area contributed by atoms with Gasteiger partial charge in [-0.25, -0.2) is 4.57 Å². The molecular weight excluding hydrogens is 465 g/mol. The van der Waals surface area contributed by atoms with Gasteiger partial charge in [0.1, 0.15) is 12.7 Å². The van der Waals surface area contributed by atoms with Crippen molar-refractivity contribution in [3.8, 4) is 0 Å². The lowest BCUT2D eigenvalue weighted by Crippen LogP contribution is -2.24. The molecule has 198 valence electrons. The van der Waals surface area contributed by atoms with Gasteiger partial charge in [0.15, 0.2) is 0 Å². The average Bonchev–Trinajstić information content (AvgIpc) is 2.70. The van der Waals surface area contributed by atoms with Gasteiger partial charge in [0.05, 0.1) is 13.2 Å². The highest BCUT2D eigenvalue weighted by molar-refractivity contribution is 8.00. The zero-order chi connectivity index (χ0) is 25.2. The number of nitrogens with zero attached hydrogens (tertiary/aromatic N) is 1. The van der Waals surface area contributed by atoms with E-state index < -0.39 is 20.5 Å². The Balaban J connectivity index is 3.55. The second-order valence-corrected chi connectivity index (χ2v) is 13.0. The summed E-state index contributed by atoms with van der Waals surface area (Å²) in [4.78, 5) is 23.1. The molecule has 0 rings (SSSR count). The van der Waals surface area contributed by atoms with Gasteiger partial charge in [-0.15, -0.1) is 0 Å². The number of rotatable bonds is 21. The number of esters is 1. The van der Waals surface area contributed by atoms with Crippen LogP contribution in [0.5, 0.6) is 0 Å². The maximum Gasteiger partial charge on any atom is 0.472 e. The Morgan fingerprint density at radius 2 is 1.48 bits per heavy atom. The first-order valence-corrected chi connectivity index (χ1v) is 14.6. The summed E-state index contributed by atoms with van der Waals surface area (Å²) in [5.41, 5.74) is 0. The predicted octanol–water partition coefficient (Wildman–Crippen LogP) is 5.02. The summed E-state index contributed by atoms with van der Waals surface area (Å²) in [7, 11) is -0.611. The van der Waals surface area contributed by atoms with Crippen LogP contribution in [0.2, 0.25) is 0 Å². The van der Waals surface area contributed by atoms with E-state index in [9.17, 15) is 19.4 Å². The normalized spacial score (nSPS) is 14.9. The minimum Gasteiger partial charge on any atom is -0.463 e. The van der Waals surface area contributed by atoms with E-state index in [1.165, 1.54) is 44.3 Å². The molecule has 2 N–H and O–H groups in total. The summed E-state index contributed by atoms with van der Waals surface area (Å²) in [6, 6.07) is 0. The number of hydrogen-bond acceptors (Lipinski definition) is 8. The number of carbonyl (C=O) groups is 1. The smallest absolute Gasteiger partial charge is 0.463 e. The van der Waals surface area contributed by atoms with Crippen molar-refractivity contribution in [3.63, 3.8) is 0 Å². The van der Waals surface area contributed by atoms with Crippen LogP contribution < -0.4 is 0 Å². The Kier molecular flexibility index (Phi) is 19.0. The maximum atomic E-state index is 11.8. The molecule has 0 aliphatic rings. The molecule has 8 nitrogen and oxygen atoms in total. The number of phosphoric acid groups is 1. The van der Waals surface area contributed by atoms with Gasteiger partial charge in [-0.1, -0.05) is 65.7 Å². The Bertz CT molecular complexity index is 543. The highest BCUT2D eigenvalue weighted by Crippen LogP contribution is 2.42. The van der Waals surface area contributed by atoms with Crippen LogP contribution in [0, 0.1) is 0 Å². The van der Waals surface area contributed by atoms with Crippen molar-refractivity contribution in [1.29, 1.82) is 0 Å². The second-order valence-electron chi connectivity index (χ2n) is 9.63. The van der Waals surface area contributed by atoms with E-state index in [-0.39, 0.29) is 19.2 Å². The van der Waals surface area contributed by atoms with Crippen LogP contribution in [-0.4, -0.2) is 77.9 Å². The molecule has 0 fully saturated rings. The topological polar surface area (TPSA) is 106 Å². The van der Waals surface area contributed by atoms with Gasteiger partial charge < -0.3 is 19.6 Å². The van der Waals surface area contributed by atoms with Crippen LogP contribution in [-0.2, 0) is 23.1 Å². The zero-order valence-corrected chi connectivity index (χ0v) is 23.1. The first-order valence-electron chi connectivity index (χ1n) is 12.2. The van der Waals surface area contributed by atoms with Crippen molar-refractivity contribution in [2.75, 3.05) is 46.2 Å². The van der Waals surface area contributed by atoms with Crippen LogP contribution in [0.25, 0.3) is 0 Å². The third-order valence-corrected chi connectivity index (χ3v) is 7.06. The van der Waals surface area contributed by atoms with Crippen molar-refractivity contribution in [3.05, 3.63) is 0 Å². The minimum absolute atomic E-state index is 0.0305. The highest BCUT2D eigenvalue weighted by atomic mass is 32.2. The molecule has 0 radical (unpaired) electrons. The third-order valence-electron chi connectivity index (χ3n) is 4.72. The molecule has 0 saturated heterocycles. The van der Waals surface area contributed by atoms with Crippen molar-refractivity contribution < 1.29 is 33.1 Å². The molecule has 2 atom stereocenters. The fourth-order valence-corrected chi connectivity index (χ4v) is 4.56. The number of likely N-dealkylation sites (N-methyl/N-ethyl adjacent to an activating group) is 1. The SMILES string of the molecule is CN(C)CCOP(=O)(O)OC[C@H](O)COC(=O)CCCCCCCCCCCSC(C)(C)C. The maximum absolute atomic E-state index is 11.8. The molecule has 10 heteroatoms. The fourth-order valence-electron chi connectivity index (χ4n) is 2.85. The first kappa shape index (κ1) is 32.8. The number of phosphoric ester groups is 1. The lowest BCUT2D eigenvalue weighted by Gasteiger charge is -2.17. The Labute approximate surface area is 205 Å². The van der Waals surface area contributed by atoms with Crippen LogP contribution in [0.15, 0.2) is 0 Å². The molecule has 0 aromatic rings. The number of aliphatic hydroxyl groups is 1. The highest BCUT2D eigenvalue weighted by Gasteiger charge is 2.23. The molecule has 0 aromatic heterocycles. The third kappa shape index (κ3) is 24.8. The van der Waals surface area contributed by atoms with Gasteiger partial charge in [0.25, 0.3) is 0 Å². The molecule has 0 aromatic carbocycles. The standard InChI is InChI=1S/C23H48NO7PS/c1-23(2,3)33-18-14-12-10-8-6-7-9-11-13-15-22(26)29-19-21(25)20-31-32(27,28)30-17-16-24(4)5/h21,25H,6-20H2,1-5H3,(H,27,28)/t21-/m1/s1. The Morgan fingerprint density at radius 3 is 2.03 bits per heavy atom. The van der Waals surface area contributed by atoms with Gasteiger partial charge in [-0.2, -0.15) is 11.8 Å². The van der Waals surface area contributed by atoms with E-state index in [2.05, 4.69) is 20.8 Å². The molecule has 0 saturated carbocycles. The first-order chi connectivity index (χ1) is 15.4. The van der Waals surface area contributed by atoms with Crippen molar-refractivity contribution in [1.82, 2.24) is 4.90 Å². The second kappa shape index (κ2) is 19.1. The number of thioether (sulfide) groups is 1. The molecule has 0 spiro atoms. The summed E-state index contributed by atoms with van der Waals surface area (Å²) in [6.07, 6.45) is 9.63. The lowest BCUT2D eigenvalue weighted by molar-refractivity contribution is -0.147. The van der Waals surface area contributed by atoms with Gasteiger partial charge in [0, 0.05) is 17.7 Å². The van der Waals surface area contributed by atoms with Crippen LogP contribution in [0.1, 0.15) is 85.0 Å². The van der Waals surface area contributed by atoms with Crippen molar-refractivity contribution in [2.45, 2.75) is 95.8 Å². The van der Waals surface area contributed by atoms with Gasteiger partial charge >= 0.3 is 13.8 Å². The molecule has 1 unspecified atom stereocenters. The van der Waals surface area contributed by atoms with Gasteiger partial charge in [-0.3, -0.25) is 13.8 Å². The average molecular weight is 514 g/mol. The van der Waals surface area contributed by atoms with Crippen LogP contribution in [0.3, 0.4) is 0 Å². The van der Waals surface area contributed by atoms with Crippen molar-refractivity contribution in [2.24, 2.45) is 0 Å². The molecule has 33 heavy (non-hydrogen) atoms. The van der Waals surface area contributed by atoms with Crippen molar-refractivity contribution >= 4 is 25.6 Å².